The van der Waals surface area contributed by atoms with E-state index in [9.17, 15) is 5.11 Å². The fourth-order valence-corrected chi connectivity index (χ4v) is 2.72. The van der Waals surface area contributed by atoms with Crippen LogP contribution in [0.2, 0.25) is 0 Å². The van der Waals surface area contributed by atoms with Crippen LogP contribution < -0.4 is 0 Å². The maximum Gasteiger partial charge on any atom is 0.0698 e. The molecule has 0 aliphatic rings. The van der Waals surface area contributed by atoms with Crippen molar-refractivity contribution in [1.29, 1.82) is 0 Å². The minimum atomic E-state index is -0.366. The molecule has 0 fully saturated rings. The highest BCUT2D eigenvalue weighted by molar-refractivity contribution is 5.65. The van der Waals surface area contributed by atoms with Gasteiger partial charge in [0.2, 0.25) is 0 Å². The average molecular weight is 288 g/mol. The van der Waals surface area contributed by atoms with E-state index in [1.54, 1.807) is 0 Å². The fraction of sp³-hybridized carbons (Fsp3) is 0.600. The quantitative estimate of drug-likeness (QED) is 0.496. The molecule has 0 heterocycles. The Labute approximate surface area is 131 Å². The third-order valence-electron chi connectivity index (χ3n) is 3.89. The van der Waals surface area contributed by atoms with Crippen LogP contribution in [0.4, 0.5) is 0 Å². The summed E-state index contributed by atoms with van der Waals surface area (Å²) >= 11 is 0. The predicted molar refractivity (Wildman–Crippen MR) is 93.3 cm³/mol. The molecule has 0 saturated carbocycles. The van der Waals surface area contributed by atoms with Gasteiger partial charge in [-0.05, 0) is 30.9 Å². The molecule has 1 nitrogen and oxygen atoms in total. The van der Waals surface area contributed by atoms with Crippen LogP contribution in [0.15, 0.2) is 36.4 Å². The highest BCUT2D eigenvalue weighted by atomic mass is 16.3. The van der Waals surface area contributed by atoms with Gasteiger partial charge in [0, 0.05) is 0 Å². The van der Waals surface area contributed by atoms with Gasteiger partial charge >= 0.3 is 0 Å². The van der Waals surface area contributed by atoms with Crippen LogP contribution in [0.25, 0.3) is 5.57 Å². The second kappa shape index (κ2) is 11.6. The second-order valence-corrected chi connectivity index (χ2v) is 6.02. The number of unbranched alkanes of at least 4 members (excludes halogenated alkanes) is 7. The summed E-state index contributed by atoms with van der Waals surface area (Å²) in [7, 11) is 0. The van der Waals surface area contributed by atoms with E-state index in [4.69, 9.17) is 0 Å². The van der Waals surface area contributed by atoms with Crippen molar-refractivity contribution < 1.29 is 5.11 Å². The van der Waals surface area contributed by atoms with Gasteiger partial charge < -0.3 is 5.11 Å². The van der Waals surface area contributed by atoms with Gasteiger partial charge in [0.15, 0.2) is 0 Å². The van der Waals surface area contributed by atoms with Crippen LogP contribution in [0, 0.1) is 0 Å². The Balaban J connectivity index is 2.29. The first-order valence-corrected chi connectivity index (χ1v) is 8.68. The second-order valence-electron chi connectivity index (χ2n) is 6.02. The number of aliphatic hydroxyl groups is 1. The molecule has 1 aromatic rings. The standard InChI is InChI=1S/C20H32O/c1-3-4-5-6-7-8-9-11-16-20(17-18(2)21)19-14-12-10-13-15-19/h10,12-15,17-18,21H,3-9,11,16H2,1-2H3/b20-17-. The minimum Gasteiger partial charge on any atom is -0.389 e. The topological polar surface area (TPSA) is 20.2 Å². The molecule has 0 aliphatic heterocycles. The van der Waals surface area contributed by atoms with E-state index >= 15 is 0 Å². The first kappa shape index (κ1) is 18.0. The third kappa shape index (κ3) is 8.72. The SMILES string of the molecule is CCCCCCCCCC/C(=C/C(C)O)c1ccccc1. The maximum atomic E-state index is 9.63. The maximum absolute atomic E-state index is 9.63. The molecule has 0 amide bonds. The summed E-state index contributed by atoms with van der Waals surface area (Å²) in [5.41, 5.74) is 2.54. The molecule has 0 aromatic heterocycles. The van der Waals surface area contributed by atoms with Gasteiger partial charge in [-0.1, -0.05) is 88.3 Å². The van der Waals surface area contributed by atoms with Crippen molar-refractivity contribution in [3.63, 3.8) is 0 Å². The molecule has 0 radical (unpaired) electrons. The number of aliphatic hydroxyl groups excluding tert-OH is 1. The van der Waals surface area contributed by atoms with Gasteiger partial charge in [-0.15, -0.1) is 0 Å². The van der Waals surface area contributed by atoms with E-state index < -0.39 is 0 Å². The lowest BCUT2D eigenvalue weighted by Gasteiger charge is -2.09. The summed E-state index contributed by atoms with van der Waals surface area (Å²) in [6.07, 6.45) is 13.4. The van der Waals surface area contributed by atoms with Gasteiger partial charge in [0.25, 0.3) is 0 Å². The molecule has 1 N–H and O–H groups in total. The zero-order valence-corrected chi connectivity index (χ0v) is 13.9. The van der Waals surface area contributed by atoms with Crippen molar-refractivity contribution in [1.82, 2.24) is 0 Å². The number of allylic oxidation sites excluding steroid dienone is 1. The Hall–Kier alpha value is -1.08. The third-order valence-corrected chi connectivity index (χ3v) is 3.89. The number of benzene rings is 1. The van der Waals surface area contributed by atoms with E-state index in [0.29, 0.717) is 0 Å². The molecule has 1 heteroatoms. The highest BCUT2D eigenvalue weighted by Gasteiger charge is 2.03. The van der Waals surface area contributed by atoms with E-state index in [-0.39, 0.29) is 6.10 Å². The smallest absolute Gasteiger partial charge is 0.0698 e. The summed E-state index contributed by atoms with van der Waals surface area (Å²) in [6, 6.07) is 10.5. The summed E-state index contributed by atoms with van der Waals surface area (Å²) in [5, 5.41) is 9.63. The predicted octanol–water partition coefficient (Wildman–Crippen LogP) is 5.98. The van der Waals surface area contributed by atoms with Crippen molar-refractivity contribution in [3.8, 4) is 0 Å². The zero-order chi connectivity index (χ0) is 15.3. The number of rotatable bonds is 11. The summed E-state index contributed by atoms with van der Waals surface area (Å²) < 4.78 is 0. The van der Waals surface area contributed by atoms with Crippen molar-refractivity contribution in [3.05, 3.63) is 42.0 Å². The summed E-state index contributed by atoms with van der Waals surface area (Å²) in [6.45, 7) is 4.09. The number of hydrogen-bond acceptors (Lipinski definition) is 1. The lowest BCUT2D eigenvalue weighted by Crippen LogP contribution is -1.96. The van der Waals surface area contributed by atoms with Crippen LogP contribution in [-0.2, 0) is 0 Å². The van der Waals surface area contributed by atoms with Crippen LogP contribution in [0.3, 0.4) is 0 Å². The van der Waals surface area contributed by atoms with E-state index in [2.05, 4.69) is 31.2 Å². The van der Waals surface area contributed by atoms with E-state index in [1.165, 1.54) is 62.5 Å². The lowest BCUT2D eigenvalue weighted by molar-refractivity contribution is 0.244. The Morgan fingerprint density at radius 2 is 1.52 bits per heavy atom. The molecule has 0 aliphatic carbocycles. The van der Waals surface area contributed by atoms with E-state index in [0.717, 1.165) is 6.42 Å². The first-order valence-electron chi connectivity index (χ1n) is 8.68. The van der Waals surface area contributed by atoms with Crippen molar-refractivity contribution >= 4 is 5.57 Å². The van der Waals surface area contributed by atoms with Crippen LogP contribution in [-0.4, -0.2) is 11.2 Å². The number of hydrogen-bond donors (Lipinski definition) is 1. The van der Waals surface area contributed by atoms with Crippen molar-refractivity contribution in [2.75, 3.05) is 0 Å². The largest absolute Gasteiger partial charge is 0.389 e. The van der Waals surface area contributed by atoms with Crippen LogP contribution in [0.1, 0.15) is 77.2 Å². The van der Waals surface area contributed by atoms with Crippen LogP contribution in [0.5, 0.6) is 0 Å². The molecule has 0 spiro atoms. The zero-order valence-electron chi connectivity index (χ0n) is 13.9. The summed E-state index contributed by atoms with van der Waals surface area (Å²) in [5.74, 6) is 0. The molecular weight excluding hydrogens is 256 g/mol. The Morgan fingerprint density at radius 1 is 0.952 bits per heavy atom. The molecule has 1 atom stereocenters. The average Bonchev–Trinajstić information content (AvgIpc) is 2.49. The van der Waals surface area contributed by atoms with Gasteiger partial charge in [-0.3, -0.25) is 0 Å². The minimum absolute atomic E-state index is 0.366. The first-order chi connectivity index (χ1) is 10.2. The molecule has 21 heavy (non-hydrogen) atoms. The molecule has 0 saturated heterocycles. The summed E-state index contributed by atoms with van der Waals surface area (Å²) in [4.78, 5) is 0. The van der Waals surface area contributed by atoms with Gasteiger partial charge in [-0.25, -0.2) is 0 Å². The fourth-order valence-electron chi connectivity index (χ4n) is 2.72. The molecule has 1 aromatic carbocycles. The van der Waals surface area contributed by atoms with Crippen LogP contribution >= 0.6 is 0 Å². The monoisotopic (exact) mass is 288 g/mol. The Kier molecular flexibility index (Phi) is 9.90. The van der Waals surface area contributed by atoms with Gasteiger partial charge in [0.05, 0.1) is 6.10 Å². The van der Waals surface area contributed by atoms with Gasteiger partial charge in [0.1, 0.15) is 0 Å². The molecule has 1 unspecified atom stereocenters. The van der Waals surface area contributed by atoms with Gasteiger partial charge in [-0.2, -0.15) is 0 Å². The normalized spacial score (nSPS) is 13.4. The Morgan fingerprint density at radius 3 is 2.10 bits per heavy atom. The molecule has 1 rings (SSSR count). The Bertz CT molecular complexity index is 378. The van der Waals surface area contributed by atoms with Crippen molar-refractivity contribution in [2.45, 2.75) is 77.7 Å². The molecule has 118 valence electrons. The van der Waals surface area contributed by atoms with E-state index in [1.807, 2.05) is 19.1 Å². The molecule has 0 bridgehead atoms. The lowest BCUT2D eigenvalue weighted by atomic mass is 9.97. The van der Waals surface area contributed by atoms with Crippen molar-refractivity contribution in [2.24, 2.45) is 0 Å². The molecular formula is C20H32O. The highest BCUT2D eigenvalue weighted by Crippen LogP contribution is 2.22.